The summed E-state index contributed by atoms with van der Waals surface area (Å²) in [6.07, 6.45) is 7.16. The molecule has 0 spiro atoms. The number of nitrogens with zero attached hydrogens (tertiary/aromatic N) is 4. The summed E-state index contributed by atoms with van der Waals surface area (Å²) in [7, 11) is 3.67. The first-order valence-corrected chi connectivity index (χ1v) is 11.6. The zero-order chi connectivity index (χ0) is 22.5. The topological polar surface area (TPSA) is 76.4 Å². The van der Waals surface area contributed by atoms with E-state index in [1.54, 1.807) is 7.11 Å². The normalized spacial score (nSPS) is 12.6. The third-order valence-corrected chi connectivity index (χ3v) is 5.65. The molecule has 1 atom stereocenters. The van der Waals surface area contributed by atoms with Crippen LogP contribution in [0.25, 0.3) is 0 Å². The molecule has 2 rings (SSSR count). The molecule has 2 N–H and O–H groups in total. The first kappa shape index (κ1) is 24.7. The Morgan fingerprint density at radius 1 is 1.10 bits per heavy atom. The highest BCUT2D eigenvalue weighted by Gasteiger charge is 2.10. The summed E-state index contributed by atoms with van der Waals surface area (Å²) >= 11 is 0. The Kier molecular flexibility index (Phi) is 10.9. The Bertz CT molecular complexity index is 784. The van der Waals surface area contributed by atoms with E-state index in [1.165, 1.54) is 37.7 Å². The van der Waals surface area contributed by atoms with Crippen molar-refractivity contribution in [1.29, 1.82) is 0 Å². The predicted octanol–water partition coefficient (Wildman–Crippen LogP) is 4.02. The Hall–Kier alpha value is -2.57. The van der Waals surface area contributed by atoms with Crippen molar-refractivity contribution >= 4 is 5.96 Å². The van der Waals surface area contributed by atoms with E-state index in [9.17, 15) is 0 Å². The molecule has 1 unspecified atom stereocenters. The number of benzene rings is 1. The summed E-state index contributed by atoms with van der Waals surface area (Å²) < 4.78 is 7.23. The number of hydrogen-bond acceptors (Lipinski definition) is 4. The van der Waals surface area contributed by atoms with E-state index in [4.69, 9.17) is 9.73 Å². The Balaban J connectivity index is 1.97. The van der Waals surface area contributed by atoms with Crippen LogP contribution in [0.2, 0.25) is 0 Å². The maximum Gasteiger partial charge on any atom is 0.191 e. The van der Waals surface area contributed by atoms with Crippen LogP contribution in [0.4, 0.5) is 0 Å². The third kappa shape index (κ3) is 8.59. The monoisotopic (exact) mass is 428 g/mol. The molecule has 0 bridgehead atoms. The van der Waals surface area contributed by atoms with E-state index >= 15 is 0 Å². The molecule has 1 aromatic carbocycles. The fraction of sp³-hybridized carbons (Fsp3) is 0.625. The second-order valence-corrected chi connectivity index (χ2v) is 8.09. The van der Waals surface area contributed by atoms with Gasteiger partial charge in [0.25, 0.3) is 0 Å². The van der Waals surface area contributed by atoms with Gasteiger partial charge in [-0.2, -0.15) is 0 Å². The van der Waals surface area contributed by atoms with Gasteiger partial charge in [-0.3, -0.25) is 0 Å². The average Bonchev–Trinajstić information content (AvgIpc) is 3.11. The highest BCUT2D eigenvalue weighted by atomic mass is 16.5. The molecular formula is C24H40N6O. The number of unbranched alkanes of at least 4 members (excludes halogenated alkanes) is 1. The van der Waals surface area contributed by atoms with Gasteiger partial charge in [-0.1, -0.05) is 45.2 Å². The average molecular weight is 429 g/mol. The highest BCUT2D eigenvalue weighted by molar-refractivity contribution is 5.79. The highest BCUT2D eigenvalue weighted by Crippen LogP contribution is 2.14. The van der Waals surface area contributed by atoms with Gasteiger partial charge in [0.05, 0.1) is 7.11 Å². The second-order valence-electron chi connectivity index (χ2n) is 8.09. The van der Waals surface area contributed by atoms with Crippen molar-refractivity contribution < 1.29 is 4.74 Å². The smallest absolute Gasteiger partial charge is 0.191 e. The summed E-state index contributed by atoms with van der Waals surface area (Å²) in [6.45, 7) is 8.73. The molecule has 0 saturated carbocycles. The number of guanidine groups is 1. The van der Waals surface area contributed by atoms with Crippen LogP contribution in [0.3, 0.4) is 0 Å². The van der Waals surface area contributed by atoms with E-state index in [0.717, 1.165) is 42.9 Å². The summed E-state index contributed by atoms with van der Waals surface area (Å²) in [5.74, 6) is 4.16. The first-order chi connectivity index (χ1) is 15.1. The molecule has 0 aliphatic carbocycles. The molecule has 31 heavy (non-hydrogen) atoms. The predicted molar refractivity (Wildman–Crippen MR) is 128 cm³/mol. The minimum Gasteiger partial charge on any atom is -0.497 e. The molecule has 1 aromatic heterocycles. The van der Waals surface area contributed by atoms with Crippen molar-refractivity contribution in [1.82, 2.24) is 25.4 Å². The zero-order valence-corrected chi connectivity index (χ0v) is 19.9. The van der Waals surface area contributed by atoms with Crippen molar-refractivity contribution in [3.05, 3.63) is 41.5 Å². The van der Waals surface area contributed by atoms with Gasteiger partial charge in [-0.05, 0) is 49.8 Å². The van der Waals surface area contributed by atoms with Crippen LogP contribution in [-0.4, -0.2) is 40.9 Å². The lowest BCUT2D eigenvalue weighted by Crippen LogP contribution is -2.41. The molecule has 7 heteroatoms. The molecule has 0 aliphatic heterocycles. The maximum atomic E-state index is 5.24. The molecule has 172 valence electrons. The van der Waals surface area contributed by atoms with Gasteiger partial charge in [0.15, 0.2) is 11.8 Å². The lowest BCUT2D eigenvalue weighted by Gasteiger charge is -2.19. The van der Waals surface area contributed by atoms with Gasteiger partial charge < -0.3 is 19.9 Å². The fourth-order valence-electron chi connectivity index (χ4n) is 3.52. The van der Waals surface area contributed by atoms with Gasteiger partial charge in [0.1, 0.15) is 18.1 Å². The van der Waals surface area contributed by atoms with Crippen molar-refractivity contribution in [2.75, 3.05) is 20.2 Å². The molecular weight excluding hydrogens is 388 g/mol. The number of aryl methyl sites for hydroxylation is 1. The lowest BCUT2D eigenvalue weighted by molar-refractivity contribution is 0.414. The van der Waals surface area contributed by atoms with Gasteiger partial charge >= 0.3 is 0 Å². The number of hydrogen-bond donors (Lipinski definition) is 2. The van der Waals surface area contributed by atoms with Gasteiger partial charge in [0, 0.05) is 20.1 Å². The van der Waals surface area contributed by atoms with E-state index in [2.05, 4.69) is 46.8 Å². The Morgan fingerprint density at radius 2 is 1.87 bits per heavy atom. The Morgan fingerprint density at radius 3 is 2.48 bits per heavy atom. The van der Waals surface area contributed by atoms with Crippen molar-refractivity contribution in [2.24, 2.45) is 18.0 Å². The number of aliphatic imine (C=N–C) groups is 1. The maximum absolute atomic E-state index is 5.24. The van der Waals surface area contributed by atoms with Gasteiger partial charge in [-0.25, -0.2) is 4.99 Å². The summed E-state index contributed by atoms with van der Waals surface area (Å²) in [5.41, 5.74) is 1.27. The second kappa shape index (κ2) is 13.7. The summed E-state index contributed by atoms with van der Waals surface area (Å²) in [4.78, 5) is 4.79. The van der Waals surface area contributed by atoms with E-state index < -0.39 is 0 Å². The Labute approximate surface area is 187 Å². The summed E-state index contributed by atoms with van der Waals surface area (Å²) in [5, 5.41) is 15.4. The minimum absolute atomic E-state index is 0.503. The molecule has 0 aliphatic rings. The SMILES string of the molecule is CCCCC(CCC)CNC(=NCc1nnc(C)n1C)NCCc1ccc(OC)cc1. The molecule has 1 heterocycles. The van der Waals surface area contributed by atoms with E-state index in [1.807, 2.05) is 30.7 Å². The van der Waals surface area contributed by atoms with Crippen LogP contribution in [0.1, 0.15) is 63.2 Å². The van der Waals surface area contributed by atoms with E-state index in [-0.39, 0.29) is 0 Å². The first-order valence-electron chi connectivity index (χ1n) is 11.6. The standard InChI is InChI=1S/C24H40N6O/c1-6-8-10-21(9-7-2)17-26-24(27-18-23-29-28-19(3)30(23)4)25-16-15-20-11-13-22(31-5)14-12-20/h11-14,21H,6-10,15-18H2,1-5H3,(H2,25,26,27). The number of rotatable bonds is 13. The molecule has 0 amide bonds. The fourth-order valence-corrected chi connectivity index (χ4v) is 3.52. The third-order valence-electron chi connectivity index (χ3n) is 5.65. The number of nitrogens with one attached hydrogen (secondary N) is 2. The van der Waals surface area contributed by atoms with Crippen LogP contribution in [0, 0.1) is 12.8 Å². The molecule has 7 nitrogen and oxygen atoms in total. The van der Waals surface area contributed by atoms with Crippen molar-refractivity contribution in [2.45, 2.75) is 65.8 Å². The van der Waals surface area contributed by atoms with Crippen LogP contribution in [-0.2, 0) is 20.0 Å². The van der Waals surface area contributed by atoms with Crippen LogP contribution in [0.15, 0.2) is 29.3 Å². The molecule has 0 saturated heterocycles. The number of ether oxygens (including phenoxy) is 1. The zero-order valence-electron chi connectivity index (χ0n) is 19.9. The van der Waals surface area contributed by atoms with Crippen molar-refractivity contribution in [3.63, 3.8) is 0 Å². The van der Waals surface area contributed by atoms with Crippen LogP contribution < -0.4 is 15.4 Å². The van der Waals surface area contributed by atoms with Crippen LogP contribution in [0.5, 0.6) is 5.75 Å². The minimum atomic E-state index is 0.503. The quantitative estimate of drug-likeness (QED) is 0.372. The van der Waals surface area contributed by atoms with Gasteiger partial charge in [0.2, 0.25) is 0 Å². The van der Waals surface area contributed by atoms with Gasteiger partial charge in [-0.15, -0.1) is 10.2 Å². The lowest BCUT2D eigenvalue weighted by atomic mass is 9.97. The molecule has 2 aromatic rings. The summed E-state index contributed by atoms with van der Waals surface area (Å²) in [6, 6.07) is 8.22. The number of aromatic nitrogens is 3. The molecule has 0 fully saturated rings. The molecule has 0 radical (unpaired) electrons. The van der Waals surface area contributed by atoms with E-state index in [0.29, 0.717) is 12.5 Å². The van der Waals surface area contributed by atoms with Crippen LogP contribution >= 0.6 is 0 Å². The number of methoxy groups -OCH3 is 1. The van der Waals surface area contributed by atoms with Crippen molar-refractivity contribution in [3.8, 4) is 5.75 Å². The largest absolute Gasteiger partial charge is 0.497 e.